The molecule has 0 spiro atoms. The number of nitrogens with one attached hydrogen (secondary N) is 1. The summed E-state index contributed by atoms with van der Waals surface area (Å²) in [5.41, 5.74) is 2.84. The van der Waals surface area contributed by atoms with Crippen molar-refractivity contribution in [3.8, 4) is 0 Å². The molecule has 0 aromatic rings. The highest BCUT2D eigenvalue weighted by atomic mass is 15.5. The summed E-state index contributed by atoms with van der Waals surface area (Å²) in [4.78, 5) is 3.77. The van der Waals surface area contributed by atoms with Gasteiger partial charge in [0, 0.05) is 19.4 Å². The van der Waals surface area contributed by atoms with E-state index < -0.39 is 0 Å². The third kappa shape index (κ3) is 3.58. The Kier molecular flexibility index (Phi) is 4.59. The van der Waals surface area contributed by atoms with Crippen LogP contribution >= 0.6 is 0 Å². The van der Waals surface area contributed by atoms with Gasteiger partial charge in [0.1, 0.15) is 6.34 Å². The van der Waals surface area contributed by atoms with E-state index in [0.29, 0.717) is 0 Å². The second-order valence-corrected chi connectivity index (χ2v) is 1.32. The monoisotopic (exact) mass is 127 g/mol. The SMILES string of the molecule is CC.CN1C=CN=CN1. The molecule has 1 heterocycles. The van der Waals surface area contributed by atoms with E-state index >= 15 is 0 Å². The average molecular weight is 127 g/mol. The molecule has 0 aliphatic carbocycles. The first-order chi connectivity index (χ1) is 4.39. The molecular weight excluding hydrogens is 114 g/mol. The second-order valence-electron chi connectivity index (χ2n) is 1.32. The number of hydrogen-bond donors (Lipinski definition) is 1. The van der Waals surface area contributed by atoms with Crippen molar-refractivity contribution < 1.29 is 0 Å². The Bertz CT molecular complexity index is 107. The molecular formula is C6H13N3. The van der Waals surface area contributed by atoms with E-state index in [-0.39, 0.29) is 0 Å². The maximum Gasteiger partial charge on any atom is 0.107 e. The average Bonchev–Trinajstić information content (AvgIpc) is 1.94. The van der Waals surface area contributed by atoms with Crippen LogP contribution in [-0.2, 0) is 0 Å². The molecule has 9 heavy (non-hydrogen) atoms. The lowest BCUT2D eigenvalue weighted by atomic mass is 10.8. The normalized spacial score (nSPS) is 13.9. The molecule has 1 N–H and O–H groups in total. The number of rotatable bonds is 0. The molecule has 3 nitrogen and oxygen atoms in total. The van der Waals surface area contributed by atoms with Crippen LogP contribution in [-0.4, -0.2) is 18.4 Å². The molecule has 0 unspecified atom stereocenters. The topological polar surface area (TPSA) is 27.6 Å². The van der Waals surface area contributed by atoms with Gasteiger partial charge in [-0.15, -0.1) is 0 Å². The molecule has 0 saturated heterocycles. The first-order valence-corrected chi connectivity index (χ1v) is 3.07. The molecule has 0 aromatic carbocycles. The Morgan fingerprint density at radius 3 is 2.33 bits per heavy atom. The number of hydrogen-bond acceptors (Lipinski definition) is 3. The largest absolute Gasteiger partial charge is 0.296 e. The van der Waals surface area contributed by atoms with Crippen LogP contribution in [0.3, 0.4) is 0 Å². The van der Waals surface area contributed by atoms with E-state index in [1.807, 2.05) is 32.1 Å². The molecule has 3 heteroatoms. The van der Waals surface area contributed by atoms with Gasteiger partial charge in [-0.2, -0.15) is 0 Å². The van der Waals surface area contributed by atoms with E-state index in [4.69, 9.17) is 0 Å². The van der Waals surface area contributed by atoms with E-state index in [0.717, 1.165) is 0 Å². The standard InChI is InChI=1S/C4H7N3.C2H6/c1-7-3-2-5-4-6-7;1-2/h2-4H,1H3,(H,5,6);1-2H3. The van der Waals surface area contributed by atoms with Crippen molar-refractivity contribution in [2.45, 2.75) is 13.8 Å². The summed E-state index contributed by atoms with van der Waals surface area (Å²) in [6.07, 6.45) is 5.18. The van der Waals surface area contributed by atoms with Gasteiger partial charge in [-0.25, -0.2) is 4.99 Å². The quantitative estimate of drug-likeness (QED) is 0.525. The van der Waals surface area contributed by atoms with E-state index in [1.54, 1.807) is 12.5 Å². The van der Waals surface area contributed by atoms with Crippen molar-refractivity contribution in [3.63, 3.8) is 0 Å². The fourth-order valence-corrected chi connectivity index (χ4v) is 0.349. The predicted molar refractivity (Wildman–Crippen MR) is 39.9 cm³/mol. The molecule has 0 radical (unpaired) electrons. The summed E-state index contributed by atoms with van der Waals surface area (Å²) in [6.45, 7) is 4.00. The van der Waals surface area contributed by atoms with Crippen LogP contribution in [0.1, 0.15) is 13.8 Å². The summed E-state index contributed by atoms with van der Waals surface area (Å²) in [5.74, 6) is 0. The zero-order valence-corrected chi connectivity index (χ0v) is 6.13. The van der Waals surface area contributed by atoms with E-state index in [2.05, 4.69) is 10.4 Å². The lowest BCUT2D eigenvalue weighted by Gasteiger charge is -2.13. The minimum atomic E-state index is 1.62. The lowest BCUT2D eigenvalue weighted by Crippen LogP contribution is -2.29. The smallest absolute Gasteiger partial charge is 0.107 e. The fraction of sp³-hybridized carbons (Fsp3) is 0.500. The molecule has 0 aromatic heterocycles. The summed E-state index contributed by atoms with van der Waals surface area (Å²) in [7, 11) is 1.90. The zero-order valence-electron chi connectivity index (χ0n) is 6.13. The molecule has 0 atom stereocenters. The Hall–Kier alpha value is -0.990. The molecule has 1 aliphatic rings. The van der Waals surface area contributed by atoms with E-state index in [1.165, 1.54) is 0 Å². The highest BCUT2D eigenvalue weighted by molar-refractivity contribution is 5.55. The Labute approximate surface area is 56.0 Å². The van der Waals surface area contributed by atoms with Crippen molar-refractivity contribution in [1.29, 1.82) is 0 Å². The maximum atomic E-state index is 3.77. The Morgan fingerprint density at radius 1 is 1.44 bits per heavy atom. The van der Waals surface area contributed by atoms with Crippen LogP contribution in [0.15, 0.2) is 17.4 Å². The first kappa shape index (κ1) is 8.01. The minimum Gasteiger partial charge on any atom is -0.296 e. The van der Waals surface area contributed by atoms with Gasteiger partial charge in [-0.05, 0) is 0 Å². The van der Waals surface area contributed by atoms with E-state index in [9.17, 15) is 0 Å². The van der Waals surface area contributed by atoms with Gasteiger partial charge in [-0.3, -0.25) is 10.4 Å². The summed E-state index contributed by atoms with van der Waals surface area (Å²) in [6, 6.07) is 0. The van der Waals surface area contributed by atoms with Gasteiger partial charge >= 0.3 is 0 Å². The van der Waals surface area contributed by atoms with Crippen LogP contribution in [0.4, 0.5) is 0 Å². The third-order valence-electron chi connectivity index (χ3n) is 0.712. The van der Waals surface area contributed by atoms with Crippen LogP contribution in [0.2, 0.25) is 0 Å². The molecule has 1 aliphatic heterocycles. The highest BCUT2D eigenvalue weighted by Gasteiger charge is 1.84. The van der Waals surface area contributed by atoms with Crippen LogP contribution in [0, 0.1) is 0 Å². The molecule has 0 amide bonds. The molecule has 1 rings (SSSR count). The second kappa shape index (κ2) is 5.15. The first-order valence-electron chi connectivity index (χ1n) is 3.07. The summed E-state index contributed by atoms with van der Waals surface area (Å²) in [5, 5.41) is 1.81. The van der Waals surface area contributed by atoms with Crippen LogP contribution in [0.5, 0.6) is 0 Å². The van der Waals surface area contributed by atoms with Crippen molar-refractivity contribution in [2.24, 2.45) is 4.99 Å². The van der Waals surface area contributed by atoms with Crippen molar-refractivity contribution >= 4 is 6.34 Å². The van der Waals surface area contributed by atoms with Crippen LogP contribution < -0.4 is 5.43 Å². The molecule has 0 bridgehead atoms. The Balaban J connectivity index is 0.000000291. The summed E-state index contributed by atoms with van der Waals surface area (Å²) < 4.78 is 0. The van der Waals surface area contributed by atoms with Crippen molar-refractivity contribution in [2.75, 3.05) is 7.05 Å². The molecule has 0 saturated carbocycles. The van der Waals surface area contributed by atoms with Gasteiger partial charge in [0.15, 0.2) is 0 Å². The highest BCUT2D eigenvalue weighted by Crippen LogP contribution is 1.81. The number of aliphatic imine (C=N–C) groups is 1. The van der Waals surface area contributed by atoms with Crippen molar-refractivity contribution in [1.82, 2.24) is 10.4 Å². The number of nitrogens with zero attached hydrogens (tertiary/aromatic N) is 2. The Morgan fingerprint density at radius 2 is 2.11 bits per heavy atom. The predicted octanol–water partition coefficient (Wildman–Crippen LogP) is 0.962. The van der Waals surface area contributed by atoms with Crippen molar-refractivity contribution in [3.05, 3.63) is 12.4 Å². The zero-order chi connectivity index (χ0) is 7.11. The minimum absolute atomic E-state index is 1.62. The fourth-order valence-electron chi connectivity index (χ4n) is 0.349. The van der Waals surface area contributed by atoms with Gasteiger partial charge < -0.3 is 0 Å². The molecule has 52 valence electrons. The number of hydrazine groups is 1. The molecule has 0 fully saturated rings. The summed E-state index contributed by atoms with van der Waals surface area (Å²) >= 11 is 0. The lowest BCUT2D eigenvalue weighted by molar-refractivity contribution is 0.408. The van der Waals surface area contributed by atoms with Crippen LogP contribution in [0.25, 0.3) is 0 Å². The van der Waals surface area contributed by atoms with Gasteiger partial charge in [-0.1, -0.05) is 13.8 Å². The van der Waals surface area contributed by atoms with Gasteiger partial charge in [0.25, 0.3) is 0 Å². The van der Waals surface area contributed by atoms with Gasteiger partial charge in [0.2, 0.25) is 0 Å². The van der Waals surface area contributed by atoms with Gasteiger partial charge in [0.05, 0.1) is 0 Å². The third-order valence-corrected chi connectivity index (χ3v) is 0.712. The maximum absolute atomic E-state index is 3.77.